The summed E-state index contributed by atoms with van der Waals surface area (Å²) in [6.45, 7) is 1.55. The zero-order chi connectivity index (χ0) is 11.5. The van der Waals surface area contributed by atoms with E-state index in [9.17, 15) is 4.79 Å². The van der Waals surface area contributed by atoms with Crippen LogP contribution in [0.1, 0.15) is 6.92 Å². The van der Waals surface area contributed by atoms with Crippen molar-refractivity contribution in [3.63, 3.8) is 0 Å². The van der Waals surface area contributed by atoms with E-state index in [1.807, 2.05) is 0 Å². The van der Waals surface area contributed by atoms with Crippen molar-refractivity contribution in [2.24, 2.45) is 0 Å². The summed E-state index contributed by atoms with van der Waals surface area (Å²) in [5.74, 6) is -0.227. The fourth-order valence-corrected chi connectivity index (χ4v) is 1.58. The van der Waals surface area contributed by atoms with Gasteiger partial charge in [-0.3, -0.25) is 4.79 Å². The molecule has 1 N–H and O–H groups in total. The fourth-order valence-electron chi connectivity index (χ4n) is 0.959. The van der Waals surface area contributed by atoms with Crippen LogP contribution in [0.2, 0.25) is 0 Å². The molecule has 7 heteroatoms. The smallest absolute Gasteiger partial charge is 0.316 e. The van der Waals surface area contributed by atoms with E-state index >= 15 is 0 Å². The molecule has 2 heterocycles. The van der Waals surface area contributed by atoms with Crippen LogP contribution in [0.15, 0.2) is 32.5 Å². The SMILES string of the molecule is C[C@@H](Sc1nnc(-c2ccco2)o1)C(=O)O. The minimum atomic E-state index is -0.928. The van der Waals surface area contributed by atoms with Gasteiger partial charge in [0.15, 0.2) is 5.76 Å². The summed E-state index contributed by atoms with van der Waals surface area (Å²) in [4.78, 5) is 10.6. The minimum absolute atomic E-state index is 0.210. The van der Waals surface area contributed by atoms with Crippen LogP contribution in [0, 0.1) is 0 Å². The van der Waals surface area contributed by atoms with Crippen molar-refractivity contribution >= 4 is 17.7 Å². The summed E-state index contributed by atoms with van der Waals surface area (Å²) in [6.07, 6.45) is 1.49. The van der Waals surface area contributed by atoms with Crippen LogP contribution >= 0.6 is 11.8 Å². The number of rotatable bonds is 4. The van der Waals surface area contributed by atoms with E-state index in [0.717, 1.165) is 11.8 Å². The van der Waals surface area contributed by atoms with E-state index in [4.69, 9.17) is 13.9 Å². The van der Waals surface area contributed by atoms with Gasteiger partial charge < -0.3 is 13.9 Å². The molecule has 0 fully saturated rings. The van der Waals surface area contributed by atoms with Crippen LogP contribution in [0.25, 0.3) is 11.7 Å². The highest BCUT2D eigenvalue weighted by Gasteiger charge is 2.18. The molecule has 1 atom stereocenters. The summed E-state index contributed by atoms with van der Waals surface area (Å²) in [7, 11) is 0. The van der Waals surface area contributed by atoms with Gasteiger partial charge in [0.1, 0.15) is 5.25 Å². The average Bonchev–Trinajstić information content (AvgIpc) is 2.85. The summed E-state index contributed by atoms with van der Waals surface area (Å²) in [5.41, 5.74) is 0. The summed E-state index contributed by atoms with van der Waals surface area (Å²) >= 11 is 0.988. The van der Waals surface area contributed by atoms with Gasteiger partial charge in [0.25, 0.3) is 11.1 Å². The summed E-state index contributed by atoms with van der Waals surface area (Å²) in [6, 6.07) is 3.38. The van der Waals surface area contributed by atoms with Gasteiger partial charge in [0.2, 0.25) is 0 Å². The first-order chi connectivity index (χ1) is 7.66. The molecule has 0 aliphatic carbocycles. The number of carbonyl (C=O) groups is 1. The number of aliphatic carboxylic acids is 1. The maximum atomic E-state index is 10.6. The molecule has 0 bridgehead atoms. The Morgan fingerprint density at radius 1 is 1.56 bits per heavy atom. The van der Waals surface area contributed by atoms with Gasteiger partial charge >= 0.3 is 5.97 Å². The lowest BCUT2D eigenvalue weighted by Crippen LogP contribution is -2.10. The first-order valence-electron chi connectivity index (χ1n) is 4.43. The third-order valence-corrected chi connectivity index (χ3v) is 2.69. The van der Waals surface area contributed by atoms with E-state index in [-0.39, 0.29) is 11.1 Å². The Bertz CT molecular complexity index is 479. The van der Waals surface area contributed by atoms with Gasteiger partial charge in [-0.1, -0.05) is 11.8 Å². The number of carboxylic acids is 1. The van der Waals surface area contributed by atoms with E-state index in [0.29, 0.717) is 5.76 Å². The lowest BCUT2D eigenvalue weighted by molar-refractivity contribution is -0.136. The number of furan rings is 1. The van der Waals surface area contributed by atoms with Crippen molar-refractivity contribution in [1.29, 1.82) is 0 Å². The van der Waals surface area contributed by atoms with Gasteiger partial charge in [-0.15, -0.1) is 10.2 Å². The molecule has 84 valence electrons. The second kappa shape index (κ2) is 4.40. The first kappa shape index (κ1) is 10.7. The molecular formula is C9H8N2O4S. The normalized spacial score (nSPS) is 12.6. The summed E-state index contributed by atoms with van der Waals surface area (Å²) in [5, 5.41) is 15.7. The highest BCUT2D eigenvalue weighted by atomic mass is 32.2. The Morgan fingerprint density at radius 2 is 2.38 bits per heavy atom. The number of hydrogen-bond donors (Lipinski definition) is 1. The number of aromatic nitrogens is 2. The van der Waals surface area contributed by atoms with Crippen molar-refractivity contribution in [2.45, 2.75) is 17.4 Å². The molecule has 0 saturated heterocycles. The molecule has 0 radical (unpaired) electrons. The van der Waals surface area contributed by atoms with Crippen LogP contribution in [-0.2, 0) is 4.79 Å². The third kappa shape index (κ3) is 2.25. The zero-order valence-electron chi connectivity index (χ0n) is 8.28. The molecule has 2 aromatic rings. The van der Waals surface area contributed by atoms with E-state index in [2.05, 4.69) is 10.2 Å². The second-order valence-electron chi connectivity index (χ2n) is 2.95. The Balaban J connectivity index is 2.11. The highest BCUT2D eigenvalue weighted by Crippen LogP contribution is 2.26. The number of nitrogens with zero attached hydrogens (tertiary/aromatic N) is 2. The molecule has 0 amide bonds. The van der Waals surface area contributed by atoms with Crippen molar-refractivity contribution < 1.29 is 18.7 Å². The molecule has 16 heavy (non-hydrogen) atoms. The van der Waals surface area contributed by atoms with E-state index < -0.39 is 11.2 Å². The quantitative estimate of drug-likeness (QED) is 0.816. The topological polar surface area (TPSA) is 89.4 Å². The summed E-state index contributed by atoms with van der Waals surface area (Å²) < 4.78 is 10.3. The lowest BCUT2D eigenvalue weighted by Gasteiger charge is -1.99. The molecule has 0 aliphatic heterocycles. The fraction of sp³-hybridized carbons (Fsp3) is 0.222. The lowest BCUT2D eigenvalue weighted by atomic mass is 10.5. The van der Waals surface area contributed by atoms with Crippen LogP contribution in [0.3, 0.4) is 0 Å². The van der Waals surface area contributed by atoms with Crippen molar-refractivity contribution in [2.75, 3.05) is 0 Å². The standard InChI is InChI=1S/C9H8N2O4S/c1-5(8(12)13)16-9-11-10-7(15-9)6-3-2-4-14-6/h2-5H,1H3,(H,12,13)/t5-/m1/s1. The van der Waals surface area contributed by atoms with Crippen LogP contribution in [0.4, 0.5) is 0 Å². The van der Waals surface area contributed by atoms with Crippen molar-refractivity contribution in [1.82, 2.24) is 10.2 Å². The number of carboxylic acid groups (broad SMARTS) is 1. The van der Waals surface area contributed by atoms with Crippen molar-refractivity contribution in [3.05, 3.63) is 18.4 Å². The second-order valence-corrected chi connectivity index (χ2v) is 4.24. The predicted octanol–water partition coefficient (Wildman–Crippen LogP) is 1.89. The Morgan fingerprint density at radius 3 is 3.00 bits per heavy atom. The number of thioether (sulfide) groups is 1. The molecule has 6 nitrogen and oxygen atoms in total. The Labute approximate surface area is 94.7 Å². The zero-order valence-corrected chi connectivity index (χ0v) is 9.10. The minimum Gasteiger partial charge on any atom is -0.480 e. The molecule has 0 aliphatic rings. The highest BCUT2D eigenvalue weighted by molar-refractivity contribution is 8.00. The van der Waals surface area contributed by atoms with Gasteiger partial charge in [-0.05, 0) is 19.1 Å². The maximum Gasteiger partial charge on any atom is 0.316 e. The van der Waals surface area contributed by atoms with Crippen molar-refractivity contribution in [3.8, 4) is 11.7 Å². The third-order valence-electron chi connectivity index (χ3n) is 1.76. The van der Waals surface area contributed by atoms with Gasteiger partial charge in [-0.2, -0.15) is 0 Å². The van der Waals surface area contributed by atoms with Crippen LogP contribution in [0.5, 0.6) is 0 Å². The van der Waals surface area contributed by atoms with Gasteiger partial charge in [-0.25, -0.2) is 0 Å². The molecule has 0 aromatic carbocycles. The molecule has 2 aromatic heterocycles. The number of hydrogen-bond acceptors (Lipinski definition) is 6. The Hall–Kier alpha value is -1.76. The largest absolute Gasteiger partial charge is 0.480 e. The molecule has 2 rings (SSSR count). The molecule has 0 saturated carbocycles. The average molecular weight is 240 g/mol. The molecule has 0 unspecified atom stereocenters. The van der Waals surface area contributed by atoms with E-state index in [1.165, 1.54) is 6.26 Å². The molecular weight excluding hydrogens is 232 g/mol. The monoisotopic (exact) mass is 240 g/mol. The van der Waals surface area contributed by atoms with Gasteiger partial charge in [0.05, 0.1) is 6.26 Å². The maximum absolute atomic E-state index is 10.6. The Kier molecular flexibility index (Phi) is 2.95. The predicted molar refractivity (Wildman–Crippen MR) is 55.0 cm³/mol. The van der Waals surface area contributed by atoms with Crippen LogP contribution in [-0.4, -0.2) is 26.5 Å². The van der Waals surface area contributed by atoms with Gasteiger partial charge in [0, 0.05) is 0 Å². The van der Waals surface area contributed by atoms with Crippen LogP contribution < -0.4 is 0 Å². The van der Waals surface area contributed by atoms with E-state index in [1.54, 1.807) is 19.1 Å². The first-order valence-corrected chi connectivity index (χ1v) is 5.31. The molecule has 0 spiro atoms.